The number of hydrogen-bond acceptors (Lipinski definition) is 4. The molecule has 2 aromatic rings. The lowest BCUT2D eigenvalue weighted by Crippen LogP contribution is -2.33. The van der Waals surface area contributed by atoms with Crippen LogP contribution in [0.1, 0.15) is 22.5 Å². The average Bonchev–Trinajstić information content (AvgIpc) is 2.96. The summed E-state index contributed by atoms with van der Waals surface area (Å²) in [5.41, 5.74) is 11.9. The third-order valence-electron chi connectivity index (χ3n) is 2.94. The van der Waals surface area contributed by atoms with Gasteiger partial charge in [-0.1, -0.05) is 36.4 Å². The van der Waals surface area contributed by atoms with E-state index in [2.05, 4.69) is 9.71 Å². The summed E-state index contributed by atoms with van der Waals surface area (Å²) in [6, 6.07) is 11.9. The SMILES string of the molecule is CS(=O)(=O)NC(c1ccccc1)C(N=C(N)N)c1cccs1. The Bertz CT molecular complexity index is 723. The highest BCUT2D eigenvalue weighted by Gasteiger charge is 2.28. The number of sulfonamides is 1. The van der Waals surface area contributed by atoms with E-state index >= 15 is 0 Å². The Balaban J connectivity index is 2.51. The van der Waals surface area contributed by atoms with E-state index in [4.69, 9.17) is 11.5 Å². The van der Waals surface area contributed by atoms with Crippen LogP contribution in [0.25, 0.3) is 0 Å². The Kier molecular flexibility index (Phi) is 5.17. The van der Waals surface area contributed by atoms with Crippen molar-refractivity contribution in [3.63, 3.8) is 0 Å². The normalized spacial score (nSPS) is 14.2. The second kappa shape index (κ2) is 6.91. The largest absolute Gasteiger partial charge is 0.370 e. The van der Waals surface area contributed by atoms with Crippen LogP contribution in [0.3, 0.4) is 0 Å². The zero-order valence-electron chi connectivity index (χ0n) is 12.0. The van der Waals surface area contributed by atoms with E-state index in [-0.39, 0.29) is 5.96 Å². The zero-order chi connectivity index (χ0) is 16.2. The van der Waals surface area contributed by atoms with Crippen LogP contribution in [0.4, 0.5) is 0 Å². The molecule has 2 atom stereocenters. The summed E-state index contributed by atoms with van der Waals surface area (Å²) in [6.45, 7) is 0. The molecule has 0 aliphatic carbocycles. The number of nitrogens with zero attached hydrogens (tertiary/aromatic N) is 1. The molecule has 0 aliphatic heterocycles. The summed E-state index contributed by atoms with van der Waals surface area (Å²) in [5, 5.41) is 1.90. The molecule has 6 nitrogen and oxygen atoms in total. The van der Waals surface area contributed by atoms with Crippen molar-refractivity contribution in [3.05, 3.63) is 58.3 Å². The molecule has 0 saturated heterocycles. The van der Waals surface area contributed by atoms with E-state index in [9.17, 15) is 8.42 Å². The van der Waals surface area contributed by atoms with Gasteiger partial charge in [0.1, 0.15) is 6.04 Å². The lowest BCUT2D eigenvalue weighted by atomic mass is 9.99. The van der Waals surface area contributed by atoms with Crippen molar-refractivity contribution in [2.24, 2.45) is 16.5 Å². The first-order valence-corrected chi connectivity index (χ1v) is 9.28. The van der Waals surface area contributed by atoms with E-state index in [1.807, 2.05) is 47.8 Å². The standard InChI is InChI=1S/C14H18N4O2S2/c1-22(19,20)18-12(10-6-3-2-4-7-10)13(17-14(15)16)11-8-5-9-21-11/h2-9,12-13,18H,1H3,(H4,15,16,17). The summed E-state index contributed by atoms with van der Waals surface area (Å²) >= 11 is 1.47. The van der Waals surface area contributed by atoms with Gasteiger partial charge in [0.05, 0.1) is 12.3 Å². The van der Waals surface area contributed by atoms with Crippen LogP contribution in [0.5, 0.6) is 0 Å². The highest BCUT2D eigenvalue weighted by molar-refractivity contribution is 7.88. The van der Waals surface area contributed by atoms with Crippen LogP contribution in [-0.2, 0) is 10.0 Å². The molecule has 118 valence electrons. The molecule has 5 N–H and O–H groups in total. The van der Waals surface area contributed by atoms with Crippen molar-refractivity contribution in [1.29, 1.82) is 0 Å². The molecule has 2 unspecified atom stereocenters. The fourth-order valence-corrected chi connectivity index (χ4v) is 3.65. The molecule has 0 saturated carbocycles. The van der Waals surface area contributed by atoms with Gasteiger partial charge in [0.2, 0.25) is 10.0 Å². The molecule has 0 fully saturated rings. The van der Waals surface area contributed by atoms with Gasteiger partial charge in [0.25, 0.3) is 0 Å². The quantitative estimate of drug-likeness (QED) is 0.545. The third kappa shape index (κ3) is 4.55. The van der Waals surface area contributed by atoms with Crippen LogP contribution in [0.2, 0.25) is 0 Å². The van der Waals surface area contributed by atoms with Crippen LogP contribution >= 0.6 is 11.3 Å². The molecule has 8 heteroatoms. The first-order chi connectivity index (χ1) is 10.4. The van der Waals surface area contributed by atoms with E-state index < -0.39 is 22.1 Å². The highest BCUT2D eigenvalue weighted by atomic mass is 32.2. The lowest BCUT2D eigenvalue weighted by molar-refractivity contribution is 0.512. The number of nitrogens with one attached hydrogen (secondary N) is 1. The molecule has 1 aromatic carbocycles. The average molecular weight is 338 g/mol. The number of aliphatic imine (C=N–C) groups is 1. The van der Waals surface area contributed by atoms with Crippen LogP contribution in [-0.4, -0.2) is 20.6 Å². The van der Waals surface area contributed by atoms with Gasteiger partial charge in [0, 0.05) is 4.88 Å². The van der Waals surface area contributed by atoms with Gasteiger partial charge in [-0.3, -0.25) is 0 Å². The number of rotatable bonds is 6. The van der Waals surface area contributed by atoms with Crippen LogP contribution < -0.4 is 16.2 Å². The van der Waals surface area contributed by atoms with E-state index in [1.165, 1.54) is 11.3 Å². The smallest absolute Gasteiger partial charge is 0.209 e. The van der Waals surface area contributed by atoms with E-state index in [0.717, 1.165) is 16.7 Å². The summed E-state index contributed by atoms with van der Waals surface area (Å²) in [7, 11) is -3.44. The summed E-state index contributed by atoms with van der Waals surface area (Å²) in [6.07, 6.45) is 1.12. The van der Waals surface area contributed by atoms with Gasteiger partial charge in [-0.05, 0) is 17.0 Å². The van der Waals surface area contributed by atoms with Crippen LogP contribution in [0, 0.1) is 0 Å². The van der Waals surface area contributed by atoms with Crippen molar-refractivity contribution in [2.75, 3.05) is 6.26 Å². The maximum atomic E-state index is 11.8. The van der Waals surface area contributed by atoms with E-state index in [0.29, 0.717) is 0 Å². The maximum absolute atomic E-state index is 11.8. The van der Waals surface area contributed by atoms with Crippen molar-refractivity contribution in [3.8, 4) is 0 Å². The molecule has 22 heavy (non-hydrogen) atoms. The molecule has 0 spiro atoms. The minimum atomic E-state index is -3.44. The molecule has 1 heterocycles. The minimum absolute atomic E-state index is 0.0883. The number of hydrogen-bond donors (Lipinski definition) is 3. The Labute approximate surface area is 133 Å². The fourth-order valence-electron chi connectivity index (χ4n) is 2.13. The number of benzene rings is 1. The van der Waals surface area contributed by atoms with E-state index in [1.54, 1.807) is 0 Å². The van der Waals surface area contributed by atoms with Crippen molar-refractivity contribution < 1.29 is 8.42 Å². The zero-order valence-corrected chi connectivity index (χ0v) is 13.6. The van der Waals surface area contributed by atoms with Gasteiger partial charge in [0.15, 0.2) is 5.96 Å². The molecular formula is C14H18N4O2S2. The highest BCUT2D eigenvalue weighted by Crippen LogP contribution is 2.35. The lowest BCUT2D eigenvalue weighted by Gasteiger charge is -2.24. The fraction of sp³-hybridized carbons (Fsp3) is 0.214. The Morgan fingerprint density at radius 1 is 1.18 bits per heavy atom. The van der Waals surface area contributed by atoms with Gasteiger partial charge in [-0.2, -0.15) is 0 Å². The number of thiophene rings is 1. The molecule has 0 aliphatic rings. The summed E-state index contributed by atoms with van der Waals surface area (Å²) in [4.78, 5) is 5.11. The van der Waals surface area contributed by atoms with Gasteiger partial charge >= 0.3 is 0 Å². The van der Waals surface area contributed by atoms with Crippen molar-refractivity contribution in [1.82, 2.24) is 4.72 Å². The monoisotopic (exact) mass is 338 g/mol. The predicted molar refractivity (Wildman–Crippen MR) is 90.0 cm³/mol. The maximum Gasteiger partial charge on any atom is 0.209 e. The van der Waals surface area contributed by atoms with Gasteiger partial charge in [-0.25, -0.2) is 18.1 Å². The van der Waals surface area contributed by atoms with Crippen LogP contribution in [0.15, 0.2) is 52.8 Å². The number of guanidine groups is 1. The second-order valence-electron chi connectivity index (χ2n) is 4.79. The topological polar surface area (TPSA) is 111 Å². The Morgan fingerprint density at radius 2 is 1.86 bits per heavy atom. The van der Waals surface area contributed by atoms with Crippen molar-refractivity contribution >= 4 is 27.3 Å². The molecule has 1 aromatic heterocycles. The minimum Gasteiger partial charge on any atom is -0.370 e. The van der Waals surface area contributed by atoms with Crippen molar-refractivity contribution in [2.45, 2.75) is 12.1 Å². The molecule has 2 rings (SSSR count). The molecular weight excluding hydrogens is 320 g/mol. The summed E-state index contributed by atoms with van der Waals surface area (Å²) in [5.74, 6) is -0.0883. The first kappa shape index (κ1) is 16.5. The third-order valence-corrected chi connectivity index (χ3v) is 4.56. The predicted octanol–water partition coefficient (Wildman–Crippen LogP) is 1.35. The first-order valence-electron chi connectivity index (χ1n) is 6.51. The number of nitrogens with two attached hydrogens (primary N) is 2. The summed E-state index contributed by atoms with van der Waals surface area (Å²) < 4.78 is 26.1. The molecule has 0 radical (unpaired) electrons. The van der Waals surface area contributed by atoms with Gasteiger partial charge in [-0.15, -0.1) is 11.3 Å². The molecule has 0 amide bonds. The Hall–Kier alpha value is -1.90. The second-order valence-corrected chi connectivity index (χ2v) is 7.55. The molecule has 0 bridgehead atoms. The van der Waals surface area contributed by atoms with Gasteiger partial charge < -0.3 is 11.5 Å². The Morgan fingerprint density at radius 3 is 2.36 bits per heavy atom.